The Morgan fingerprint density at radius 1 is 1.59 bits per heavy atom. The fourth-order valence-corrected chi connectivity index (χ4v) is 2.30. The average Bonchev–Trinajstić information content (AvgIpc) is 2.32. The number of rotatable bonds is 3. The summed E-state index contributed by atoms with van der Waals surface area (Å²) in [5.41, 5.74) is 5.70. The van der Waals surface area contributed by atoms with Gasteiger partial charge in [0, 0.05) is 25.3 Å². The highest BCUT2D eigenvalue weighted by molar-refractivity contribution is 5.38. The Bertz CT molecular complexity index is 371. The molecule has 1 aromatic heterocycles. The van der Waals surface area contributed by atoms with Crippen molar-refractivity contribution in [1.82, 2.24) is 9.97 Å². The highest BCUT2D eigenvalue weighted by Gasteiger charge is 2.30. The van der Waals surface area contributed by atoms with Gasteiger partial charge in [0.2, 0.25) is 5.95 Å². The van der Waals surface area contributed by atoms with E-state index in [1.165, 1.54) is 6.42 Å². The number of nitrogens with two attached hydrogens (primary N) is 1. The lowest BCUT2D eigenvalue weighted by Gasteiger charge is -2.39. The maximum atomic E-state index is 5.81. The van der Waals surface area contributed by atoms with Gasteiger partial charge in [-0.15, -0.1) is 0 Å². The Morgan fingerprint density at radius 3 is 3.12 bits per heavy atom. The zero-order valence-electron chi connectivity index (χ0n) is 10.5. The number of hydrogen-bond acceptors (Lipinski definition) is 5. The molecule has 5 nitrogen and oxygen atoms in total. The lowest BCUT2D eigenvalue weighted by molar-refractivity contribution is 0.00785. The normalized spacial score (nSPS) is 24.9. The monoisotopic (exact) mass is 236 g/mol. The van der Waals surface area contributed by atoms with E-state index in [0.29, 0.717) is 24.3 Å². The Labute approximate surface area is 102 Å². The second-order valence-corrected chi connectivity index (χ2v) is 4.44. The van der Waals surface area contributed by atoms with E-state index in [1.54, 1.807) is 12.3 Å². The van der Waals surface area contributed by atoms with Crippen molar-refractivity contribution in [2.75, 3.05) is 23.8 Å². The molecule has 17 heavy (non-hydrogen) atoms. The van der Waals surface area contributed by atoms with Crippen molar-refractivity contribution in [3.8, 4) is 0 Å². The fraction of sp³-hybridized carbons (Fsp3) is 0.667. The van der Waals surface area contributed by atoms with Gasteiger partial charge >= 0.3 is 0 Å². The summed E-state index contributed by atoms with van der Waals surface area (Å²) < 4.78 is 5.81. The summed E-state index contributed by atoms with van der Waals surface area (Å²) in [6, 6.07) is 1.70. The molecule has 1 saturated heterocycles. The van der Waals surface area contributed by atoms with Crippen LogP contribution >= 0.6 is 0 Å². The largest absolute Gasteiger partial charge is 0.384 e. The minimum absolute atomic E-state index is 0.0653. The third-order valence-corrected chi connectivity index (χ3v) is 3.11. The molecule has 1 aliphatic heterocycles. The topological polar surface area (TPSA) is 64.3 Å². The highest BCUT2D eigenvalue weighted by atomic mass is 16.5. The quantitative estimate of drug-likeness (QED) is 0.864. The summed E-state index contributed by atoms with van der Waals surface area (Å²) in [7, 11) is 0. The van der Waals surface area contributed by atoms with Gasteiger partial charge < -0.3 is 15.4 Å². The molecule has 0 spiro atoms. The van der Waals surface area contributed by atoms with Crippen LogP contribution in [0.25, 0.3) is 0 Å². The molecule has 2 rings (SSSR count). The molecular weight excluding hydrogens is 216 g/mol. The Balaban J connectivity index is 2.21. The molecule has 1 aliphatic rings. The third-order valence-electron chi connectivity index (χ3n) is 3.11. The van der Waals surface area contributed by atoms with E-state index in [1.807, 2.05) is 6.92 Å². The maximum Gasteiger partial charge on any atom is 0.229 e. The van der Waals surface area contributed by atoms with Crippen LogP contribution in [0.3, 0.4) is 0 Å². The first-order valence-corrected chi connectivity index (χ1v) is 6.19. The van der Waals surface area contributed by atoms with Gasteiger partial charge in [-0.05, 0) is 25.8 Å². The van der Waals surface area contributed by atoms with Crippen LogP contribution in [0.5, 0.6) is 0 Å². The average molecular weight is 236 g/mol. The van der Waals surface area contributed by atoms with Crippen LogP contribution in [0.15, 0.2) is 12.3 Å². The minimum Gasteiger partial charge on any atom is -0.384 e. The molecule has 2 N–H and O–H groups in total. The second kappa shape index (κ2) is 5.31. The van der Waals surface area contributed by atoms with Crippen molar-refractivity contribution in [1.29, 1.82) is 0 Å². The van der Waals surface area contributed by atoms with Gasteiger partial charge in [-0.25, -0.2) is 4.98 Å². The molecule has 0 amide bonds. The van der Waals surface area contributed by atoms with Crippen molar-refractivity contribution in [3.05, 3.63) is 12.3 Å². The lowest BCUT2D eigenvalue weighted by Crippen LogP contribution is -2.47. The number of anilines is 2. The molecular formula is C12H20N4O. The molecule has 2 unspecified atom stereocenters. The number of hydrogen-bond donors (Lipinski definition) is 1. The number of nitrogens with zero attached hydrogens (tertiary/aromatic N) is 3. The van der Waals surface area contributed by atoms with Crippen LogP contribution in [0, 0.1) is 5.92 Å². The Hall–Kier alpha value is -1.36. The van der Waals surface area contributed by atoms with E-state index in [4.69, 9.17) is 10.5 Å². The van der Waals surface area contributed by atoms with Gasteiger partial charge in [0.15, 0.2) is 0 Å². The van der Waals surface area contributed by atoms with Gasteiger partial charge in [-0.2, -0.15) is 4.98 Å². The van der Waals surface area contributed by atoms with E-state index < -0.39 is 0 Å². The summed E-state index contributed by atoms with van der Waals surface area (Å²) in [5.74, 6) is 1.67. The highest BCUT2D eigenvalue weighted by Crippen LogP contribution is 2.27. The zero-order valence-corrected chi connectivity index (χ0v) is 10.5. The van der Waals surface area contributed by atoms with Crippen molar-refractivity contribution in [2.24, 2.45) is 5.92 Å². The molecule has 0 radical (unpaired) electrons. The summed E-state index contributed by atoms with van der Waals surface area (Å²) in [6.07, 6.45) is 4.09. The first kappa shape index (κ1) is 12.1. The van der Waals surface area contributed by atoms with E-state index in [9.17, 15) is 0 Å². The van der Waals surface area contributed by atoms with Crippen molar-refractivity contribution >= 4 is 11.8 Å². The molecule has 94 valence electrons. The molecule has 0 bridgehead atoms. The number of piperidine rings is 1. The Morgan fingerprint density at radius 2 is 2.41 bits per heavy atom. The lowest BCUT2D eigenvalue weighted by atomic mass is 9.98. The molecule has 2 heterocycles. The first-order valence-electron chi connectivity index (χ1n) is 6.19. The summed E-state index contributed by atoms with van der Waals surface area (Å²) in [6.45, 7) is 5.85. The Kier molecular flexibility index (Phi) is 3.78. The fourth-order valence-electron chi connectivity index (χ4n) is 2.30. The minimum atomic E-state index is 0.0653. The predicted molar refractivity (Wildman–Crippen MR) is 67.6 cm³/mol. The van der Waals surface area contributed by atoms with E-state index in [-0.39, 0.29) is 6.23 Å². The van der Waals surface area contributed by atoms with Crippen LogP contribution < -0.4 is 10.6 Å². The van der Waals surface area contributed by atoms with Crippen molar-refractivity contribution in [2.45, 2.75) is 32.9 Å². The van der Waals surface area contributed by atoms with Crippen LogP contribution in [0.4, 0.5) is 11.8 Å². The van der Waals surface area contributed by atoms with Crippen molar-refractivity contribution in [3.63, 3.8) is 0 Å². The van der Waals surface area contributed by atoms with Crippen LogP contribution in [-0.4, -0.2) is 29.3 Å². The SMILES string of the molecule is CCOC1C(C)CCCN1c1nccc(N)n1. The van der Waals surface area contributed by atoms with Crippen molar-refractivity contribution < 1.29 is 4.74 Å². The van der Waals surface area contributed by atoms with Crippen LogP contribution in [-0.2, 0) is 4.74 Å². The summed E-state index contributed by atoms with van der Waals surface area (Å²) >= 11 is 0. The van der Waals surface area contributed by atoms with Gasteiger partial charge in [0.1, 0.15) is 12.0 Å². The first-order chi connectivity index (χ1) is 8.22. The molecule has 0 saturated carbocycles. The van der Waals surface area contributed by atoms with E-state index in [2.05, 4.69) is 21.8 Å². The molecule has 1 fully saturated rings. The van der Waals surface area contributed by atoms with Gasteiger partial charge in [-0.1, -0.05) is 6.92 Å². The molecule has 5 heteroatoms. The van der Waals surface area contributed by atoms with Crippen LogP contribution in [0.1, 0.15) is 26.7 Å². The van der Waals surface area contributed by atoms with Gasteiger partial charge in [0.05, 0.1) is 0 Å². The second-order valence-electron chi connectivity index (χ2n) is 4.44. The smallest absolute Gasteiger partial charge is 0.229 e. The number of nitrogen functional groups attached to an aromatic ring is 1. The standard InChI is InChI=1S/C12H20N4O/c1-3-17-11-9(2)5-4-8-16(11)12-14-7-6-10(13)15-12/h6-7,9,11H,3-5,8H2,1-2H3,(H2,13,14,15). The molecule has 2 atom stereocenters. The van der Waals surface area contributed by atoms with Gasteiger partial charge in [0.25, 0.3) is 0 Å². The third kappa shape index (κ3) is 2.66. The summed E-state index contributed by atoms with van der Waals surface area (Å²) in [5, 5.41) is 0. The zero-order chi connectivity index (χ0) is 12.3. The maximum absolute atomic E-state index is 5.81. The molecule has 1 aromatic rings. The molecule has 0 aliphatic carbocycles. The summed E-state index contributed by atoms with van der Waals surface area (Å²) in [4.78, 5) is 10.7. The predicted octanol–water partition coefficient (Wildman–Crippen LogP) is 1.66. The molecule has 0 aromatic carbocycles. The van der Waals surface area contributed by atoms with E-state index in [0.717, 1.165) is 13.0 Å². The number of aromatic nitrogens is 2. The van der Waals surface area contributed by atoms with Crippen LogP contribution in [0.2, 0.25) is 0 Å². The van der Waals surface area contributed by atoms with Gasteiger partial charge in [-0.3, -0.25) is 0 Å². The number of ether oxygens (including phenoxy) is 1. The van der Waals surface area contributed by atoms with E-state index >= 15 is 0 Å².